The molecule has 0 saturated carbocycles. The lowest BCUT2D eigenvalue weighted by molar-refractivity contribution is 0.100. The van der Waals surface area contributed by atoms with Gasteiger partial charge in [-0.05, 0) is 48.5 Å². The molecule has 0 radical (unpaired) electrons. The third-order valence-corrected chi connectivity index (χ3v) is 3.83. The van der Waals surface area contributed by atoms with Crippen molar-refractivity contribution >= 4 is 29.1 Å². The normalized spacial score (nSPS) is 10.2. The predicted molar refractivity (Wildman–Crippen MR) is 106 cm³/mol. The number of carbonyl (C=O) groups is 2. The minimum absolute atomic E-state index is 0.247. The second-order valence-corrected chi connectivity index (χ2v) is 5.75. The van der Waals surface area contributed by atoms with E-state index in [-0.39, 0.29) is 5.82 Å². The van der Waals surface area contributed by atoms with E-state index in [1.807, 2.05) is 0 Å². The topological polar surface area (TPSA) is 145 Å². The SMILES string of the molecule is COc1cnc(-c2ccc(NC(=O)Nc3ccc(C(N)=O)cc3)cc2)nc1N. The molecule has 28 heavy (non-hydrogen) atoms. The van der Waals surface area contributed by atoms with Crippen LogP contribution in [0.15, 0.2) is 54.7 Å². The lowest BCUT2D eigenvalue weighted by Crippen LogP contribution is -2.19. The summed E-state index contributed by atoms with van der Waals surface area (Å²) < 4.78 is 5.04. The number of methoxy groups -OCH3 is 1. The predicted octanol–water partition coefficient (Wildman–Crippen LogP) is 2.48. The number of ether oxygens (including phenoxy) is 1. The smallest absolute Gasteiger partial charge is 0.323 e. The maximum absolute atomic E-state index is 12.1. The average molecular weight is 378 g/mol. The van der Waals surface area contributed by atoms with E-state index in [2.05, 4.69) is 20.6 Å². The van der Waals surface area contributed by atoms with Crippen LogP contribution >= 0.6 is 0 Å². The van der Waals surface area contributed by atoms with Crippen LogP contribution in [0.4, 0.5) is 22.0 Å². The Morgan fingerprint density at radius 1 is 0.964 bits per heavy atom. The van der Waals surface area contributed by atoms with E-state index in [1.54, 1.807) is 36.4 Å². The van der Waals surface area contributed by atoms with Crippen LogP contribution in [0.1, 0.15) is 10.4 Å². The molecule has 6 N–H and O–H groups in total. The van der Waals surface area contributed by atoms with Crippen LogP contribution in [0.25, 0.3) is 11.4 Å². The van der Waals surface area contributed by atoms with Crippen molar-refractivity contribution in [1.82, 2.24) is 9.97 Å². The summed E-state index contributed by atoms with van der Waals surface area (Å²) in [7, 11) is 1.49. The molecule has 0 aliphatic heterocycles. The molecule has 0 unspecified atom stereocenters. The maximum atomic E-state index is 12.1. The second-order valence-electron chi connectivity index (χ2n) is 5.75. The number of carbonyl (C=O) groups excluding carboxylic acids is 2. The second kappa shape index (κ2) is 8.04. The Labute approximate surface area is 160 Å². The number of hydrogen-bond acceptors (Lipinski definition) is 6. The first-order valence-electron chi connectivity index (χ1n) is 8.21. The number of amides is 3. The van der Waals surface area contributed by atoms with Crippen molar-refractivity contribution in [2.24, 2.45) is 5.73 Å². The molecule has 3 rings (SSSR count). The summed E-state index contributed by atoms with van der Waals surface area (Å²) in [6.07, 6.45) is 1.50. The number of rotatable bonds is 5. The van der Waals surface area contributed by atoms with Gasteiger partial charge in [0.2, 0.25) is 5.91 Å². The van der Waals surface area contributed by atoms with Gasteiger partial charge in [0.25, 0.3) is 0 Å². The molecule has 1 aromatic heterocycles. The monoisotopic (exact) mass is 378 g/mol. The molecule has 0 spiro atoms. The fraction of sp³-hybridized carbons (Fsp3) is 0.0526. The lowest BCUT2D eigenvalue weighted by Gasteiger charge is -2.09. The molecule has 0 aliphatic rings. The summed E-state index contributed by atoms with van der Waals surface area (Å²) in [5.74, 6) is 0.571. The molecule has 0 atom stereocenters. The van der Waals surface area contributed by atoms with Gasteiger partial charge in [0.05, 0.1) is 13.3 Å². The highest BCUT2D eigenvalue weighted by atomic mass is 16.5. The number of nitrogens with zero attached hydrogens (tertiary/aromatic N) is 2. The number of aromatic nitrogens is 2. The summed E-state index contributed by atoms with van der Waals surface area (Å²) in [5.41, 5.74) is 13.2. The summed E-state index contributed by atoms with van der Waals surface area (Å²) in [5, 5.41) is 5.37. The van der Waals surface area contributed by atoms with Gasteiger partial charge in [-0.25, -0.2) is 14.8 Å². The first-order valence-corrected chi connectivity index (χ1v) is 8.21. The van der Waals surface area contributed by atoms with Crippen molar-refractivity contribution < 1.29 is 14.3 Å². The van der Waals surface area contributed by atoms with Gasteiger partial charge >= 0.3 is 6.03 Å². The van der Waals surface area contributed by atoms with E-state index in [4.69, 9.17) is 16.2 Å². The van der Waals surface area contributed by atoms with Crippen LogP contribution in [0.5, 0.6) is 5.75 Å². The Balaban J connectivity index is 1.64. The zero-order valence-electron chi connectivity index (χ0n) is 15.0. The summed E-state index contributed by atoms with van der Waals surface area (Å²) in [6.45, 7) is 0. The largest absolute Gasteiger partial charge is 0.491 e. The molecular weight excluding hydrogens is 360 g/mol. The van der Waals surface area contributed by atoms with Gasteiger partial charge in [-0.15, -0.1) is 0 Å². The summed E-state index contributed by atoms with van der Waals surface area (Å²) >= 11 is 0. The number of nitrogens with two attached hydrogens (primary N) is 2. The van der Waals surface area contributed by atoms with E-state index in [0.717, 1.165) is 5.56 Å². The van der Waals surface area contributed by atoms with Crippen molar-refractivity contribution in [3.63, 3.8) is 0 Å². The van der Waals surface area contributed by atoms with Crippen LogP contribution in [0, 0.1) is 0 Å². The van der Waals surface area contributed by atoms with Crippen molar-refractivity contribution in [2.75, 3.05) is 23.5 Å². The molecular formula is C19H18N6O3. The molecule has 142 valence electrons. The fourth-order valence-electron chi connectivity index (χ4n) is 2.39. The van der Waals surface area contributed by atoms with E-state index in [0.29, 0.717) is 28.5 Å². The number of benzene rings is 2. The maximum Gasteiger partial charge on any atom is 0.323 e. The molecule has 2 aromatic carbocycles. The van der Waals surface area contributed by atoms with Crippen LogP contribution in [-0.4, -0.2) is 29.0 Å². The van der Waals surface area contributed by atoms with Gasteiger partial charge in [0, 0.05) is 22.5 Å². The Hall–Kier alpha value is -4.14. The van der Waals surface area contributed by atoms with Crippen LogP contribution in [0.2, 0.25) is 0 Å². The van der Waals surface area contributed by atoms with Crippen LogP contribution in [0.3, 0.4) is 0 Å². The number of nitrogen functional groups attached to an aromatic ring is 1. The van der Waals surface area contributed by atoms with Crippen molar-refractivity contribution in [3.05, 3.63) is 60.3 Å². The first-order chi connectivity index (χ1) is 13.5. The van der Waals surface area contributed by atoms with Crippen LogP contribution < -0.4 is 26.8 Å². The first kappa shape index (κ1) is 18.6. The standard InChI is InChI=1S/C19H18N6O3/c1-28-15-10-22-18(25-16(15)20)12-4-8-14(9-5-12)24-19(27)23-13-6-2-11(3-7-13)17(21)26/h2-10H,1H3,(H2,21,26)(H2,20,22,25)(H2,23,24,27). The highest BCUT2D eigenvalue weighted by molar-refractivity contribution is 6.00. The zero-order chi connectivity index (χ0) is 20.1. The van der Waals surface area contributed by atoms with Crippen molar-refractivity contribution in [1.29, 1.82) is 0 Å². The quantitative estimate of drug-likeness (QED) is 0.536. The number of urea groups is 1. The average Bonchev–Trinajstić information content (AvgIpc) is 2.69. The highest BCUT2D eigenvalue weighted by Crippen LogP contribution is 2.23. The van der Waals surface area contributed by atoms with E-state index in [1.165, 1.54) is 25.4 Å². The molecule has 3 aromatic rings. The molecule has 0 bridgehead atoms. The number of nitrogens with one attached hydrogen (secondary N) is 2. The van der Waals surface area contributed by atoms with E-state index < -0.39 is 11.9 Å². The molecule has 0 aliphatic carbocycles. The molecule has 0 fully saturated rings. The Morgan fingerprint density at radius 2 is 1.54 bits per heavy atom. The van der Waals surface area contributed by atoms with Gasteiger partial charge in [-0.1, -0.05) is 0 Å². The molecule has 3 amide bonds. The summed E-state index contributed by atoms with van der Waals surface area (Å²) in [4.78, 5) is 31.5. The van der Waals surface area contributed by atoms with E-state index >= 15 is 0 Å². The van der Waals surface area contributed by atoms with Gasteiger partial charge in [0.1, 0.15) is 0 Å². The van der Waals surface area contributed by atoms with Gasteiger partial charge in [0.15, 0.2) is 17.4 Å². The van der Waals surface area contributed by atoms with Crippen molar-refractivity contribution in [2.45, 2.75) is 0 Å². The fourth-order valence-corrected chi connectivity index (χ4v) is 2.39. The Morgan fingerprint density at radius 3 is 2.04 bits per heavy atom. The number of anilines is 3. The molecule has 1 heterocycles. The third kappa shape index (κ3) is 4.33. The van der Waals surface area contributed by atoms with Gasteiger partial charge in [-0.2, -0.15) is 0 Å². The zero-order valence-corrected chi connectivity index (χ0v) is 15.0. The number of hydrogen-bond donors (Lipinski definition) is 4. The molecule has 9 nitrogen and oxygen atoms in total. The van der Waals surface area contributed by atoms with Crippen LogP contribution in [-0.2, 0) is 0 Å². The number of primary amides is 1. The molecule has 0 saturated heterocycles. The third-order valence-electron chi connectivity index (χ3n) is 3.83. The Bertz CT molecular complexity index is 1000. The minimum Gasteiger partial charge on any atom is -0.491 e. The van der Waals surface area contributed by atoms with Gasteiger partial charge < -0.3 is 26.8 Å². The molecule has 9 heteroatoms. The highest BCUT2D eigenvalue weighted by Gasteiger charge is 2.08. The summed E-state index contributed by atoms with van der Waals surface area (Å²) in [6, 6.07) is 12.8. The Kier molecular flexibility index (Phi) is 5.35. The minimum atomic E-state index is -0.529. The van der Waals surface area contributed by atoms with Gasteiger partial charge in [-0.3, -0.25) is 4.79 Å². The van der Waals surface area contributed by atoms with E-state index in [9.17, 15) is 9.59 Å². The van der Waals surface area contributed by atoms with Crippen molar-refractivity contribution in [3.8, 4) is 17.1 Å². The lowest BCUT2D eigenvalue weighted by atomic mass is 10.2.